The molecule has 2 unspecified atom stereocenters. The van der Waals surface area contributed by atoms with E-state index in [1.165, 1.54) is 11.1 Å². The minimum absolute atomic E-state index is 0.0111. The first kappa shape index (κ1) is 41.7. The second-order valence-corrected chi connectivity index (χ2v) is 16.3. The number of ether oxygens (including phenoxy) is 5. The van der Waals surface area contributed by atoms with Gasteiger partial charge in [-0.3, -0.25) is 19.2 Å². The number of carbonyl (C=O) groups is 5. The lowest BCUT2D eigenvalue weighted by atomic mass is 9.62. The van der Waals surface area contributed by atoms with Gasteiger partial charge in [-0.2, -0.15) is 5.06 Å². The van der Waals surface area contributed by atoms with Crippen molar-refractivity contribution >= 4 is 35.8 Å². The van der Waals surface area contributed by atoms with Gasteiger partial charge in [-0.05, 0) is 30.0 Å². The number of hydrogen-bond acceptors (Lipinski definition) is 13. The number of hydrogen-bond donors (Lipinski definition) is 3. The number of unbranched alkanes of at least 4 members (excludes halogenated alkanes) is 4. The van der Waals surface area contributed by atoms with Crippen LogP contribution in [-0.2, 0) is 59.0 Å². The average molecular weight is 784 g/mol. The van der Waals surface area contributed by atoms with E-state index in [4.69, 9.17) is 33.6 Å². The van der Waals surface area contributed by atoms with E-state index in [0.29, 0.717) is 18.4 Å². The molecule has 1 aromatic rings. The summed E-state index contributed by atoms with van der Waals surface area (Å²) >= 11 is 0. The molecule has 0 spiro atoms. The molecule has 15 nitrogen and oxygen atoms in total. The van der Waals surface area contributed by atoms with Gasteiger partial charge < -0.3 is 39.4 Å². The molecule has 4 heterocycles. The van der Waals surface area contributed by atoms with Gasteiger partial charge in [-0.25, -0.2) is 9.59 Å². The first-order chi connectivity index (χ1) is 26.9. The number of carbonyl (C=O) groups excluding carboxylic acids is 5. The fraction of sp³-hybridized carbons (Fsp3) is 0.683. The third-order valence-corrected chi connectivity index (χ3v) is 11.5. The molecule has 15 heteroatoms. The molecule has 5 fully saturated rings. The smallest absolute Gasteiger partial charge is 0.348 e. The van der Waals surface area contributed by atoms with Crippen molar-refractivity contribution in [3.63, 3.8) is 0 Å². The summed E-state index contributed by atoms with van der Waals surface area (Å²) in [6.45, 7) is 8.10. The highest BCUT2D eigenvalue weighted by molar-refractivity contribution is 5.94. The zero-order valence-electron chi connectivity index (χ0n) is 32.9. The van der Waals surface area contributed by atoms with E-state index in [1.54, 1.807) is 32.1 Å². The van der Waals surface area contributed by atoms with Gasteiger partial charge in [0.1, 0.15) is 36.4 Å². The lowest BCUT2D eigenvalue weighted by Gasteiger charge is -2.48. The number of benzene rings is 1. The number of nitrogens with one attached hydrogen (secondary N) is 2. The van der Waals surface area contributed by atoms with E-state index in [-0.39, 0.29) is 51.6 Å². The zero-order chi connectivity index (χ0) is 40.1. The van der Waals surface area contributed by atoms with Crippen molar-refractivity contribution in [1.29, 1.82) is 0 Å². The molecule has 7 atom stereocenters. The van der Waals surface area contributed by atoms with E-state index in [9.17, 15) is 24.0 Å². The molecule has 0 aromatic heterocycles. The van der Waals surface area contributed by atoms with Crippen LogP contribution in [0.3, 0.4) is 0 Å². The molecule has 308 valence electrons. The standard InChI is InChI=1S/C41H57N3O12/c1-5-7-9-18-40(19-10-8-6-2)54-31-28-23-41(38(50)43-20-17-29(46)42-21-22-45)33(36(48)52-28)44(56-34(41)32(31)55-40)24-27-13-11-26(12-14-27)15-16-30(47)53-35-37(49)51-25-39(35,3)4/h11-16,28,31-35,45H,5-10,17-25H2,1-4H3,(H,42,46)(H,43,50)/t28?,31-,32-,33-,34+,35-,41?/m0/s1. The van der Waals surface area contributed by atoms with E-state index in [0.717, 1.165) is 44.1 Å². The van der Waals surface area contributed by atoms with Crippen molar-refractivity contribution in [2.45, 2.75) is 141 Å². The van der Waals surface area contributed by atoms with E-state index < -0.39 is 77.0 Å². The first-order valence-electron chi connectivity index (χ1n) is 20.2. The molecule has 1 aromatic carbocycles. The van der Waals surface area contributed by atoms with Gasteiger partial charge in [-0.15, -0.1) is 0 Å². The third kappa shape index (κ3) is 8.66. The molecule has 2 bridgehead atoms. The van der Waals surface area contributed by atoms with Crippen molar-refractivity contribution in [3.05, 3.63) is 41.5 Å². The van der Waals surface area contributed by atoms with E-state index in [1.807, 2.05) is 12.1 Å². The van der Waals surface area contributed by atoms with E-state index >= 15 is 0 Å². The number of aliphatic hydroxyl groups is 1. The summed E-state index contributed by atoms with van der Waals surface area (Å²) in [4.78, 5) is 72.1. The number of amides is 2. The molecule has 0 radical (unpaired) electrons. The lowest BCUT2D eigenvalue weighted by Crippen LogP contribution is -2.69. The summed E-state index contributed by atoms with van der Waals surface area (Å²) in [5.41, 5.74) is -0.559. The van der Waals surface area contributed by atoms with Crippen LogP contribution in [0.5, 0.6) is 0 Å². The van der Waals surface area contributed by atoms with E-state index in [2.05, 4.69) is 24.5 Å². The minimum atomic E-state index is -1.39. The van der Waals surface area contributed by atoms with Crippen LogP contribution >= 0.6 is 0 Å². The van der Waals surface area contributed by atoms with Crippen molar-refractivity contribution < 1.29 is 57.6 Å². The quantitative estimate of drug-likeness (QED) is 0.0804. The van der Waals surface area contributed by atoms with Crippen molar-refractivity contribution in [2.24, 2.45) is 10.8 Å². The number of hydroxylamine groups is 2. The monoisotopic (exact) mass is 783 g/mol. The summed E-state index contributed by atoms with van der Waals surface area (Å²) in [6.07, 6.45) is 6.29. The summed E-state index contributed by atoms with van der Waals surface area (Å²) in [7, 11) is 0. The maximum atomic E-state index is 14.5. The fourth-order valence-electron chi connectivity index (χ4n) is 8.60. The SMILES string of the molecule is CCCCCC1(CCCCC)O[C@@H]2[C@H]3ON(Cc4ccc(C=CC(=O)O[C@H]5C(=O)OCC5(C)C)cc4)[C@H]4C(=O)OC(CC34C(=O)NCCC(=O)NCCO)[C@@H]2O1. The fourth-order valence-corrected chi connectivity index (χ4v) is 8.60. The van der Waals surface area contributed by atoms with Gasteiger partial charge in [0.25, 0.3) is 0 Å². The minimum Gasteiger partial charge on any atom is -0.462 e. The molecule has 2 amide bonds. The van der Waals surface area contributed by atoms with Crippen molar-refractivity contribution in [3.8, 4) is 0 Å². The van der Waals surface area contributed by atoms with Crippen LogP contribution < -0.4 is 10.6 Å². The maximum absolute atomic E-state index is 14.5. The summed E-state index contributed by atoms with van der Waals surface area (Å²) < 4.78 is 30.3. The summed E-state index contributed by atoms with van der Waals surface area (Å²) in [5, 5.41) is 16.1. The number of nitrogens with zero attached hydrogens (tertiary/aromatic N) is 1. The van der Waals surface area contributed by atoms with Gasteiger partial charge in [0.15, 0.2) is 11.8 Å². The van der Waals surface area contributed by atoms with Gasteiger partial charge in [0, 0.05) is 50.3 Å². The molecular formula is C41H57N3O12. The Balaban J connectivity index is 1.22. The highest BCUT2D eigenvalue weighted by atomic mass is 16.8. The van der Waals surface area contributed by atoms with Crippen LogP contribution in [0.15, 0.2) is 30.3 Å². The molecule has 5 aliphatic rings. The first-order valence-corrected chi connectivity index (χ1v) is 20.2. The molecule has 1 saturated carbocycles. The highest BCUT2D eigenvalue weighted by Gasteiger charge is 2.76. The Hall–Kier alpha value is -3.89. The Morgan fingerprint density at radius 2 is 1.64 bits per heavy atom. The van der Waals surface area contributed by atoms with Crippen LogP contribution in [0.4, 0.5) is 0 Å². The maximum Gasteiger partial charge on any atom is 0.348 e. The molecule has 1 aliphatic carbocycles. The van der Waals surface area contributed by atoms with Crippen molar-refractivity contribution in [1.82, 2.24) is 15.7 Å². The summed E-state index contributed by atoms with van der Waals surface area (Å²) in [6, 6.07) is 6.13. The Morgan fingerprint density at radius 1 is 0.946 bits per heavy atom. The van der Waals surface area contributed by atoms with Crippen LogP contribution in [0.2, 0.25) is 0 Å². The van der Waals surface area contributed by atoms with Crippen LogP contribution in [0.25, 0.3) is 6.08 Å². The van der Waals surface area contributed by atoms with Crippen LogP contribution in [0.1, 0.15) is 103 Å². The van der Waals surface area contributed by atoms with Crippen LogP contribution in [0, 0.1) is 10.8 Å². The van der Waals surface area contributed by atoms with Gasteiger partial charge >= 0.3 is 17.9 Å². The number of fused-ring (bicyclic) bond motifs is 4. The van der Waals surface area contributed by atoms with Crippen LogP contribution in [-0.4, -0.2) is 109 Å². The number of esters is 3. The number of cyclic esters (lactones) is 1. The molecule has 6 rings (SSSR count). The molecule has 4 saturated heterocycles. The number of rotatable bonds is 19. The second-order valence-electron chi connectivity index (χ2n) is 16.3. The molecule has 56 heavy (non-hydrogen) atoms. The highest BCUT2D eigenvalue weighted by Crippen LogP contribution is 2.58. The van der Waals surface area contributed by atoms with Gasteiger partial charge in [0.2, 0.25) is 17.9 Å². The Bertz CT molecular complexity index is 1620. The average Bonchev–Trinajstić information content (AvgIpc) is 3.81. The zero-order valence-corrected chi connectivity index (χ0v) is 32.9. The molecule has 4 aliphatic heterocycles. The molecular weight excluding hydrogens is 726 g/mol. The van der Waals surface area contributed by atoms with Gasteiger partial charge in [-0.1, -0.05) is 77.6 Å². The normalized spacial score (nSPS) is 29.8. The van der Waals surface area contributed by atoms with Crippen molar-refractivity contribution in [2.75, 3.05) is 26.3 Å². The number of aliphatic hydroxyl groups excluding tert-OH is 1. The predicted octanol–water partition coefficient (Wildman–Crippen LogP) is 3.25. The second kappa shape index (κ2) is 17.7. The summed E-state index contributed by atoms with van der Waals surface area (Å²) in [5.74, 6) is -3.47. The lowest BCUT2D eigenvalue weighted by molar-refractivity contribution is -0.224. The Kier molecular flexibility index (Phi) is 13.2. The van der Waals surface area contributed by atoms with Gasteiger partial charge in [0.05, 0.1) is 13.2 Å². The largest absolute Gasteiger partial charge is 0.462 e. The topological polar surface area (TPSA) is 188 Å². The Morgan fingerprint density at radius 3 is 2.29 bits per heavy atom. The Labute approximate surface area is 328 Å². The molecule has 3 N–H and O–H groups in total. The predicted molar refractivity (Wildman–Crippen MR) is 200 cm³/mol. The third-order valence-electron chi connectivity index (χ3n) is 11.5.